The Balaban J connectivity index is 2.34. The molecule has 2 rings (SSSR count). The molecule has 0 atom stereocenters. The van der Waals surface area contributed by atoms with Crippen molar-refractivity contribution in [3.05, 3.63) is 69.0 Å². The van der Waals surface area contributed by atoms with Gasteiger partial charge in [0.05, 0.1) is 10.5 Å². The average Bonchev–Trinajstić information content (AvgIpc) is 2.52. The van der Waals surface area contributed by atoms with Crippen LogP contribution in [0.15, 0.2) is 36.4 Å². The summed E-state index contributed by atoms with van der Waals surface area (Å²) in [7, 11) is 0. The Hall–Kier alpha value is -2.97. The first-order valence-corrected chi connectivity index (χ1v) is 6.98. The molecular weight excluding hydrogens is 344 g/mol. The lowest BCUT2D eigenvalue weighted by molar-refractivity contribution is -0.384. The van der Waals surface area contributed by atoms with Crippen LogP contribution in [0.5, 0.6) is 0 Å². The molecular formula is C16H12F4N2O3. The number of alkyl halides is 3. The maximum absolute atomic E-state index is 13.1. The third kappa shape index (κ3) is 4.31. The zero-order valence-electron chi connectivity index (χ0n) is 12.9. The highest BCUT2D eigenvalue weighted by Crippen LogP contribution is 2.33. The van der Waals surface area contributed by atoms with E-state index in [0.717, 1.165) is 18.2 Å². The molecule has 132 valence electrons. The van der Waals surface area contributed by atoms with Crippen molar-refractivity contribution in [2.75, 3.05) is 5.32 Å². The van der Waals surface area contributed by atoms with Crippen LogP contribution in [-0.2, 0) is 12.7 Å². The zero-order chi connectivity index (χ0) is 18.8. The van der Waals surface area contributed by atoms with E-state index >= 15 is 0 Å². The van der Waals surface area contributed by atoms with Crippen LogP contribution in [0.4, 0.5) is 28.9 Å². The minimum absolute atomic E-state index is 0.0487. The van der Waals surface area contributed by atoms with Crippen LogP contribution in [0.25, 0.3) is 0 Å². The third-order valence-electron chi connectivity index (χ3n) is 3.45. The van der Waals surface area contributed by atoms with Crippen molar-refractivity contribution >= 4 is 17.2 Å². The van der Waals surface area contributed by atoms with Gasteiger partial charge >= 0.3 is 6.18 Å². The lowest BCUT2D eigenvalue weighted by atomic mass is 10.1. The summed E-state index contributed by atoms with van der Waals surface area (Å²) in [5, 5.41) is 13.6. The van der Waals surface area contributed by atoms with E-state index in [4.69, 9.17) is 0 Å². The Morgan fingerprint density at radius 3 is 2.44 bits per heavy atom. The second kappa shape index (κ2) is 6.88. The highest BCUT2D eigenvalue weighted by atomic mass is 19.4. The van der Waals surface area contributed by atoms with Gasteiger partial charge in [0.25, 0.3) is 5.69 Å². The number of anilines is 1. The number of nitrogens with zero attached hydrogens (tertiary/aromatic N) is 1. The highest BCUT2D eigenvalue weighted by Gasteiger charge is 2.33. The summed E-state index contributed by atoms with van der Waals surface area (Å²) in [5.74, 6) is -1.42. The summed E-state index contributed by atoms with van der Waals surface area (Å²) < 4.78 is 52.0. The fourth-order valence-corrected chi connectivity index (χ4v) is 2.21. The molecule has 0 bridgehead atoms. The van der Waals surface area contributed by atoms with Crippen LogP contribution >= 0.6 is 0 Å². The molecule has 0 saturated carbocycles. The Labute approximate surface area is 139 Å². The van der Waals surface area contributed by atoms with Crippen LogP contribution in [0, 0.1) is 15.9 Å². The molecule has 0 aliphatic rings. The summed E-state index contributed by atoms with van der Waals surface area (Å²) in [6.45, 7) is 0.829. The van der Waals surface area contributed by atoms with Crippen molar-refractivity contribution < 1.29 is 27.3 Å². The minimum Gasteiger partial charge on any atom is -0.375 e. The topological polar surface area (TPSA) is 72.2 Å². The predicted octanol–water partition coefficient (Wildman–Crippen LogP) is 4.57. The number of nitro benzene ring substituents is 1. The molecule has 0 amide bonds. The zero-order valence-corrected chi connectivity index (χ0v) is 12.9. The molecule has 0 spiro atoms. The largest absolute Gasteiger partial charge is 0.416 e. The van der Waals surface area contributed by atoms with Gasteiger partial charge in [-0.1, -0.05) is 6.07 Å². The number of carbonyl (C=O) groups excluding carboxylic acids is 1. The van der Waals surface area contributed by atoms with Gasteiger partial charge in [0.15, 0.2) is 5.78 Å². The number of carbonyl (C=O) groups is 1. The number of benzene rings is 2. The van der Waals surface area contributed by atoms with Gasteiger partial charge in [-0.25, -0.2) is 4.39 Å². The molecule has 5 nitrogen and oxygen atoms in total. The molecule has 0 radical (unpaired) electrons. The first-order valence-electron chi connectivity index (χ1n) is 6.98. The van der Waals surface area contributed by atoms with Gasteiger partial charge in [-0.2, -0.15) is 13.2 Å². The minimum atomic E-state index is -4.76. The number of Topliss-reactive ketones (excluding diaryl/α,β-unsaturated/α-hetero) is 1. The number of ketones is 1. The molecule has 0 heterocycles. The standard InChI is InChI=1S/C16H12F4N2O3/c1-9(23)10-3-5-14(15(6-10)22(24)25)21-8-11-2-4-12(17)7-13(11)16(18,19)20/h2-7,21H,8H2,1H3. The Kier molecular flexibility index (Phi) is 5.05. The Bertz CT molecular complexity index is 835. The molecule has 0 unspecified atom stereocenters. The summed E-state index contributed by atoms with van der Waals surface area (Å²) >= 11 is 0. The van der Waals surface area contributed by atoms with E-state index in [9.17, 15) is 32.5 Å². The Morgan fingerprint density at radius 2 is 1.88 bits per heavy atom. The average molecular weight is 356 g/mol. The first-order chi connectivity index (χ1) is 11.6. The first kappa shape index (κ1) is 18.4. The number of hydrogen-bond donors (Lipinski definition) is 1. The molecule has 0 aliphatic heterocycles. The van der Waals surface area contributed by atoms with E-state index in [1.54, 1.807) is 0 Å². The number of hydrogen-bond acceptors (Lipinski definition) is 4. The van der Waals surface area contributed by atoms with Crippen molar-refractivity contribution in [1.29, 1.82) is 0 Å². The van der Waals surface area contributed by atoms with Gasteiger partial charge < -0.3 is 5.32 Å². The van der Waals surface area contributed by atoms with Gasteiger partial charge in [0.1, 0.15) is 11.5 Å². The maximum Gasteiger partial charge on any atom is 0.416 e. The Morgan fingerprint density at radius 1 is 1.20 bits per heavy atom. The van der Waals surface area contributed by atoms with E-state index in [-0.39, 0.29) is 22.6 Å². The monoisotopic (exact) mass is 356 g/mol. The van der Waals surface area contributed by atoms with Gasteiger partial charge in [-0.05, 0) is 36.8 Å². The van der Waals surface area contributed by atoms with Gasteiger partial charge in [0.2, 0.25) is 0 Å². The van der Waals surface area contributed by atoms with Crippen molar-refractivity contribution in [2.24, 2.45) is 0 Å². The van der Waals surface area contributed by atoms with E-state index < -0.39 is 34.7 Å². The van der Waals surface area contributed by atoms with Gasteiger partial charge in [0, 0.05) is 18.2 Å². The third-order valence-corrected chi connectivity index (χ3v) is 3.45. The SMILES string of the molecule is CC(=O)c1ccc(NCc2ccc(F)cc2C(F)(F)F)c([N+](=O)[O-])c1. The van der Waals surface area contributed by atoms with Crippen molar-refractivity contribution in [1.82, 2.24) is 0 Å². The van der Waals surface area contributed by atoms with Gasteiger partial charge in [-0.15, -0.1) is 0 Å². The highest BCUT2D eigenvalue weighted by molar-refractivity contribution is 5.95. The summed E-state index contributed by atoms with van der Waals surface area (Å²) in [5.41, 5.74) is -1.81. The predicted molar refractivity (Wildman–Crippen MR) is 81.8 cm³/mol. The molecule has 25 heavy (non-hydrogen) atoms. The summed E-state index contributed by atoms with van der Waals surface area (Å²) in [6, 6.07) is 5.81. The summed E-state index contributed by atoms with van der Waals surface area (Å²) in [4.78, 5) is 21.7. The van der Waals surface area contributed by atoms with E-state index in [0.29, 0.717) is 6.07 Å². The maximum atomic E-state index is 13.1. The van der Waals surface area contributed by atoms with Crippen molar-refractivity contribution in [2.45, 2.75) is 19.6 Å². The van der Waals surface area contributed by atoms with Crippen LogP contribution in [0.1, 0.15) is 28.4 Å². The summed E-state index contributed by atoms with van der Waals surface area (Å²) in [6.07, 6.45) is -4.76. The molecule has 9 heteroatoms. The van der Waals surface area contributed by atoms with Crippen LogP contribution in [-0.4, -0.2) is 10.7 Å². The molecule has 0 fully saturated rings. The number of nitro groups is 1. The second-order valence-electron chi connectivity index (χ2n) is 5.20. The lowest BCUT2D eigenvalue weighted by Crippen LogP contribution is -2.13. The number of halogens is 4. The lowest BCUT2D eigenvalue weighted by Gasteiger charge is -2.14. The molecule has 0 aliphatic carbocycles. The smallest absolute Gasteiger partial charge is 0.375 e. The van der Waals surface area contributed by atoms with Crippen LogP contribution < -0.4 is 5.32 Å². The van der Waals surface area contributed by atoms with E-state index in [1.165, 1.54) is 19.1 Å². The molecule has 2 aromatic carbocycles. The molecule has 0 aromatic heterocycles. The molecule has 1 N–H and O–H groups in total. The van der Waals surface area contributed by atoms with Crippen LogP contribution in [0.3, 0.4) is 0 Å². The normalized spacial score (nSPS) is 11.2. The number of nitrogens with one attached hydrogen (secondary N) is 1. The van der Waals surface area contributed by atoms with Gasteiger partial charge in [-0.3, -0.25) is 14.9 Å². The fraction of sp³-hybridized carbons (Fsp3) is 0.188. The van der Waals surface area contributed by atoms with Crippen LogP contribution in [0.2, 0.25) is 0 Å². The second-order valence-corrected chi connectivity index (χ2v) is 5.20. The quantitative estimate of drug-likeness (QED) is 0.369. The fourth-order valence-electron chi connectivity index (χ4n) is 2.21. The van der Waals surface area contributed by atoms with Crippen molar-refractivity contribution in [3.63, 3.8) is 0 Å². The molecule has 0 saturated heterocycles. The van der Waals surface area contributed by atoms with Crippen molar-refractivity contribution in [3.8, 4) is 0 Å². The molecule has 2 aromatic rings. The van der Waals surface area contributed by atoms with E-state index in [2.05, 4.69) is 5.32 Å². The van der Waals surface area contributed by atoms with E-state index in [1.807, 2.05) is 0 Å². The number of rotatable bonds is 5.